The van der Waals surface area contributed by atoms with Gasteiger partial charge >= 0.3 is 0 Å². The topological polar surface area (TPSA) is 43.4 Å². The summed E-state index contributed by atoms with van der Waals surface area (Å²) in [5.41, 5.74) is 0.767. The van der Waals surface area contributed by atoms with Gasteiger partial charge in [0.1, 0.15) is 5.75 Å². The molecule has 0 aliphatic heterocycles. The Hall–Kier alpha value is -0.870. The van der Waals surface area contributed by atoms with Crippen LogP contribution in [0.25, 0.3) is 0 Å². The van der Waals surface area contributed by atoms with Crippen molar-refractivity contribution in [2.75, 3.05) is 6.61 Å². The lowest BCUT2D eigenvalue weighted by Gasteiger charge is -2.05. The fraction of sp³-hybridized carbons (Fsp3) is 0.571. The molecule has 0 unspecified atom stereocenters. The number of hydrogen-bond acceptors (Lipinski definition) is 3. The summed E-state index contributed by atoms with van der Waals surface area (Å²) in [4.78, 5) is 0. The van der Waals surface area contributed by atoms with Gasteiger partial charge in [-0.15, -0.1) is 0 Å². The fourth-order valence-electron chi connectivity index (χ4n) is 1.71. The first-order valence-corrected chi connectivity index (χ1v) is 8.13. The lowest BCUT2D eigenvalue weighted by atomic mass is 10.2. The standard InChI is InChI=1S/C14H22O3S/c1-2-3-4-5-9-12-17-18(15,16)13-14-10-7-6-8-11-14/h6-8,10-11H,2-5,9,12-13H2,1H3. The van der Waals surface area contributed by atoms with Crippen molar-refractivity contribution >= 4 is 10.1 Å². The van der Waals surface area contributed by atoms with Crippen molar-refractivity contribution in [3.63, 3.8) is 0 Å². The quantitative estimate of drug-likeness (QED) is 0.509. The molecule has 102 valence electrons. The zero-order valence-electron chi connectivity index (χ0n) is 11.0. The second kappa shape index (κ2) is 8.27. The van der Waals surface area contributed by atoms with Crippen LogP contribution >= 0.6 is 0 Å². The average Bonchev–Trinajstić information content (AvgIpc) is 2.34. The van der Waals surface area contributed by atoms with Crippen molar-refractivity contribution in [2.24, 2.45) is 0 Å². The smallest absolute Gasteiger partial charge is 0.270 e. The molecule has 0 aliphatic rings. The molecule has 0 spiro atoms. The Bertz CT molecular complexity index is 412. The van der Waals surface area contributed by atoms with Gasteiger partial charge in [0.2, 0.25) is 0 Å². The van der Waals surface area contributed by atoms with Gasteiger partial charge in [0.25, 0.3) is 10.1 Å². The number of benzene rings is 1. The molecular formula is C14H22O3S. The lowest BCUT2D eigenvalue weighted by molar-refractivity contribution is 0.306. The van der Waals surface area contributed by atoms with Crippen LogP contribution in [0.15, 0.2) is 30.3 Å². The van der Waals surface area contributed by atoms with Crippen LogP contribution in [0.4, 0.5) is 0 Å². The molecule has 0 heterocycles. The van der Waals surface area contributed by atoms with Gasteiger partial charge in [-0.2, -0.15) is 8.42 Å². The first-order chi connectivity index (χ1) is 8.64. The van der Waals surface area contributed by atoms with Crippen LogP contribution < -0.4 is 0 Å². The Kier molecular flexibility index (Phi) is 6.98. The molecule has 0 amide bonds. The van der Waals surface area contributed by atoms with Gasteiger partial charge in [-0.3, -0.25) is 4.18 Å². The minimum absolute atomic E-state index is 0.0389. The maximum absolute atomic E-state index is 11.7. The Balaban J connectivity index is 2.24. The molecule has 1 aromatic carbocycles. The van der Waals surface area contributed by atoms with E-state index in [4.69, 9.17) is 4.18 Å². The Morgan fingerprint density at radius 2 is 1.67 bits per heavy atom. The summed E-state index contributed by atoms with van der Waals surface area (Å²) < 4.78 is 28.3. The van der Waals surface area contributed by atoms with Gasteiger partial charge < -0.3 is 0 Å². The molecule has 0 radical (unpaired) electrons. The molecule has 18 heavy (non-hydrogen) atoms. The van der Waals surface area contributed by atoms with E-state index in [2.05, 4.69) is 6.92 Å². The Labute approximate surface area is 110 Å². The summed E-state index contributed by atoms with van der Waals surface area (Å²) in [5, 5.41) is 0. The molecule has 0 saturated carbocycles. The minimum Gasteiger partial charge on any atom is -0.270 e. The molecule has 3 nitrogen and oxygen atoms in total. The van der Waals surface area contributed by atoms with Crippen LogP contribution in [0.1, 0.15) is 44.6 Å². The number of unbranched alkanes of at least 4 members (excludes halogenated alkanes) is 4. The van der Waals surface area contributed by atoms with Crippen LogP contribution in [0.2, 0.25) is 0 Å². The summed E-state index contributed by atoms with van der Waals surface area (Å²) in [6.07, 6.45) is 5.39. The third-order valence-corrected chi connectivity index (χ3v) is 3.91. The van der Waals surface area contributed by atoms with Crippen molar-refractivity contribution in [1.82, 2.24) is 0 Å². The minimum atomic E-state index is -3.43. The molecule has 0 saturated heterocycles. The predicted octanol–water partition coefficient (Wildman–Crippen LogP) is 3.50. The number of rotatable bonds is 9. The maximum Gasteiger partial charge on any atom is 0.271 e. The molecule has 0 fully saturated rings. The molecule has 0 aromatic heterocycles. The summed E-state index contributed by atoms with van der Waals surface area (Å²) >= 11 is 0. The van der Waals surface area contributed by atoms with E-state index in [0.29, 0.717) is 6.61 Å². The molecule has 0 aliphatic carbocycles. The van der Waals surface area contributed by atoms with E-state index >= 15 is 0 Å². The van der Waals surface area contributed by atoms with Gasteiger partial charge in [-0.1, -0.05) is 62.9 Å². The van der Waals surface area contributed by atoms with Gasteiger partial charge in [0.05, 0.1) is 6.61 Å². The van der Waals surface area contributed by atoms with Crippen LogP contribution in [0.5, 0.6) is 0 Å². The van der Waals surface area contributed by atoms with Gasteiger partial charge in [0.15, 0.2) is 0 Å². The van der Waals surface area contributed by atoms with Gasteiger partial charge in [-0.05, 0) is 12.0 Å². The first kappa shape index (κ1) is 15.2. The van der Waals surface area contributed by atoms with Crippen molar-refractivity contribution in [1.29, 1.82) is 0 Å². The van der Waals surface area contributed by atoms with E-state index in [1.807, 2.05) is 18.2 Å². The lowest BCUT2D eigenvalue weighted by Crippen LogP contribution is -2.09. The zero-order chi connectivity index (χ0) is 13.3. The normalized spacial score (nSPS) is 11.6. The summed E-state index contributed by atoms with van der Waals surface area (Å²) in [6, 6.07) is 9.11. The van der Waals surface area contributed by atoms with Crippen molar-refractivity contribution in [3.05, 3.63) is 35.9 Å². The van der Waals surface area contributed by atoms with E-state index < -0.39 is 10.1 Å². The van der Waals surface area contributed by atoms with E-state index in [0.717, 1.165) is 24.8 Å². The third kappa shape index (κ3) is 6.77. The summed E-state index contributed by atoms with van der Waals surface area (Å²) in [7, 11) is -3.43. The van der Waals surface area contributed by atoms with Crippen LogP contribution in [-0.4, -0.2) is 15.0 Å². The maximum atomic E-state index is 11.7. The molecule has 1 rings (SSSR count). The Morgan fingerprint density at radius 3 is 2.33 bits per heavy atom. The second-order valence-corrected chi connectivity index (χ2v) is 6.06. The van der Waals surface area contributed by atoms with E-state index in [9.17, 15) is 8.42 Å². The van der Waals surface area contributed by atoms with Gasteiger partial charge in [-0.25, -0.2) is 0 Å². The Morgan fingerprint density at radius 1 is 1.00 bits per heavy atom. The van der Waals surface area contributed by atoms with E-state index in [1.54, 1.807) is 12.1 Å². The first-order valence-electron chi connectivity index (χ1n) is 6.55. The third-order valence-electron chi connectivity index (χ3n) is 2.70. The van der Waals surface area contributed by atoms with Crippen molar-refractivity contribution in [2.45, 2.75) is 44.8 Å². The summed E-state index contributed by atoms with van der Waals surface area (Å²) in [5.74, 6) is -0.0389. The van der Waals surface area contributed by atoms with Crippen molar-refractivity contribution < 1.29 is 12.6 Å². The molecule has 0 bridgehead atoms. The van der Waals surface area contributed by atoms with E-state index in [1.165, 1.54) is 12.8 Å². The highest BCUT2D eigenvalue weighted by molar-refractivity contribution is 7.85. The van der Waals surface area contributed by atoms with Crippen molar-refractivity contribution in [3.8, 4) is 0 Å². The highest BCUT2D eigenvalue weighted by Crippen LogP contribution is 2.09. The predicted molar refractivity (Wildman–Crippen MR) is 73.8 cm³/mol. The van der Waals surface area contributed by atoms with E-state index in [-0.39, 0.29) is 5.75 Å². The molecule has 4 heteroatoms. The van der Waals surface area contributed by atoms with Gasteiger partial charge in [0, 0.05) is 0 Å². The number of hydrogen-bond donors (Lipinski definition) is 0. The SMILES string of the molecule is CCCCCCCOS(=O)(=O)Cc1ccccc1. The van der Waals surface area contributed by atoms with Crippen LogP contribution in [0, 0.1) is 0 Å². The molecule has 0 N–H and O–H groups in total. The average molecular weight is 270 g/mol. The zero-order valence-corrected chi connectivity index (χ0v) is 11.8. The van der Waals surface area contributed by atoms with Crippen LogP contribution in [0.3, 0.4) is 0 Å². The summed E-state index contributed by atoms with van der Waals surface area (Å²) in [6.45, 7) is 2.46. The largest absolute Gasteiger partial charge is 0.271 e. The van der Waals surface area contributed by atoms with Crippen LogP contribution in [-0.2, 0) is 20.1 Å². The molecule has 1 aromatic rings. The highest BCUT2D eigenvalue weighted by Gasteiger charge is 2.11. The fourth-order valence-corrected chi connectivity index (χ4v) is 2.77. The second-order valence-electron chi connectivity index (χ2n) is 4.42. The highest BCUT2D eigenvalue weighted by atomic mass is 32.2. The molecular weight excluding hydrogens is 248 g/mol. The monoisotopic (exact) mass is 270 g/mol. The molecule has 0 atom stereocenters.